The smallest absolute Gasteiger partial charge is 0.231 e. The molecule has 0 radical (unpaired) electrons. The van der Waals surface area contributed by atoms with Gasteiger partial charge in [0.25, 0.3) is 0 Å². The molecule has 1 heterocycles. The van der Waals surface area contributed by atoms with Crippen molar-refractivity contribution in [3.63, 3.8) is 0 Å². The lowest BCUT2D eigenvalue weighted by molar-refractivity contribution is -0.119. The zero-order valence-corrected chi connectivity index (χ0v) is 18.7. The predicted octanol–water partition coefficient (Wildman–Crippen LogP) is 4.95. The molecule has 3 rings (SSSR count). The monoisotopic (exact) mass is 451 g/mol. The summed E-state index contributed by atoms with van der Waals surface area (Å²) in [6.07, 6.45) is 3.36. The van der Waals surface area contributed by atoms with Gasteiger partial charge in [-0.1, -0.05) is 48.8 Å². The second kappa shape index (κ2) is 9.38. The van der Waals surface area contributed by atoms with Crippen molar-refractivity contribution in [2.75, 3.05) is 5.75 Å². The molecule has 0 aliphatic heterocycles. The maximum atomic E-state index is 12.5. The number of rotatable bonds is 7. The van der Waals surface area contributed by atoms with E-state index >= 15 is 0 Å². The highest BCUT2D eigenvalue weighted by Gasteiger charge is 2.35. The number of hydrogen-bond donors (Lipinski definition) is 1. The fourth-order valence-corrected chi connectivity index (χ4v) is 4.71. The van der Waals surface area contributed by atoms with Gasteiger partial charge in [0.2, 0.25) is 5.91 Å². The molecular formula is C20H23Cl2N5OS. The van der Waals surface area contributed by atoms with Crippen LogP contribution in [0.15, 0.2) is 23.4 Å². The van der Waals surface area contributed by atoms with Gasteiger partial charge in [-0.25, -0.2) is 0 Å². The van der Waals surface area contributed by atoms with E-state index in [0.717, 1.165) is 18.4 Å². The Morgan fingerprint density at radius 1 is 1.34 bits per heavy atom. The third kappa shape index (κ3) is 5.25. The van der Waals surface area contributed by atoms with Gasteiger partial charge in [-0.05, 0) is 49.8 Å². The van der Waals surface area contributed by atoms with Crippen molar-refractivity contribution in [3.05, 3.63) is 28.2 Å². The van der Waals surface area contributed by atoms with E-state index in [9.17, 15) is 10.1 Å². The Morgan fingerprint density at radius 3 is 2.69 bits per heavy atom. The molecule has 6 nitrogen and oxygen atoms in total. The van der Waals surface area contributed by atoms with Gasteiger partial charge in [-0.2, -0.15) is 5.26 Å². The molecule has 1 aromatic carbocycles. The summed E-state index contributed by atoms with van der Waals surface area (Å²) in [7, 11) is 0. The van der Waals surface area contributed by atoms with Crippen molar-refractivity contribution in [2.24, 2.45) is 5.92 Å². The molecule has 2 aromatic rings. The third-order valence-electron chi connectivity index (χ3n) is 4.82. The molecule has 0 atom stereocenters. The minimum absolute atomic E-state index is 0.163. The summed E-state index contributed by atoms with van der Waals surface area (Å²) in [6, 6.07) is 7.54. The highest BCUT2D eigenvalue weighted by molar-refractivity contribution is 7.99. The van der Waals surface area contributed by atoms with Crippen molar-refractivity contribution in [1.82, 2.24) is 20.1 Å². The minimum atomic E-state index is -0.717. The van der Waals surface area contributed by atoms with E-state index in [1.54, 1.807) is 12.1 Å². The van der Waals surface area contributed by atoms with E-state index in [1.165, 1.54) is 11.8 Å². The van der Waals surface area contributed by atoms with Crippen LogP contribution in [0.5, 0.6) is 0 Å². The van der Waals surface area contributed by atoms with E-state index < -0.39 is 5.54 Å². The molecule has 1 amide bonds. The van der Waals surface area contributed by atoms with Crippen LogP contribution in [-0.4, -0.2) is 32.0 Å². The lowest BCUT2D eigenvalue weighted by Crippen LogP contribution is -2.45. The van der Waals surface area contributed by atoms with Crippen LogP contribution in [0.2, 0.25) is 10.0 Å². The molecule has 0 saturated heterocycles. The third-order valence-corrected chi connectivity index (χ3v) is 6.33. The van der Waals surface area contributed by atoms with Crippen LogP contribution in [-0.2, 0) is 11.3 Å². The van der Waals surface area contributed by atoms with Crippen LogP contribution in [0.1, 0.15) is 39.5 Å². The van der Waals surface area contributed by atoms with Gasteiger partial charge in [-0.15, -0.1) is 10.2 Å². The molecule has 154 valence electrons. The van der Waals surface area contributed by atoms with Gasteiger partial charge in [0.05, 0.1) is 16.8 Å². The zero-order chi connectivity index (χ0) is 21.0. The Hall–Kier alpha value is -1.75. The van der Waals surface area contributed by atoms with Crippen molar-refractivity contribution in [2.45, 2.75) is 56.8 Å². The molecule has 1 aliphatic rings. The van der Waals surface area contributed by atoms with Crippen molar-refractivity contribution in [3.8, 4) is 17.5 Å². The molecule has 0 unspecified atom stereocenters. The number of carbonyl (C=O) groups is 1. The van der Waals surface area contributed by atoms with Gasteiger partial charge in [0.1, 0.15) is 5.54 Å². The Balaban J connectivity index is 1.78. The lowest BCUT2D eigenvalue weighted by Gasteiger charge is -2.21. The van der Waals surface area contributed by atoms with E-state index in [2.05, 4.69) is 35.4 Å². The number of carbonyl (C=O) groups excluding carboxylic acids is 1. The van der Waals surface area contributed by atoms with E-state index in [0.29, 0.717) is 46.3 Å². The van der Waals surface area contributed by atoms with Crippen LogP contribution < -0.4 is 5.32 Å². The molecule has 0 bridgehead atoms. The SMILES string of the molecule is CC(C)Cn1c(SCC(=O)NC2(C#N)CCCC2)nnc1-c1ccc(Cl)cc1Cl. The van der Waals surface area contributed by atoms with Gasteiger partial charge in [0.15, 0.2) is 11.0 Å². The van der Waals surface area contributed by atoms with Crippen molar-refractivity contribution < 1.29 is 4.79 Å². The lowest BCUT2D eigenvalue weighted by atomic mass is 10.0. The summed E-state index contributed by atoms with van der Waals surface area (Å²) >= 11 is 13.7. The number of thioether (sulfide) groups is 1. The van der Waals surface area contributed by atoms with Gasteiger partial charge >= 0.3 is 0 Å². The molecule has 1 aromatic heterocycles. The predicted molar refractivity (Wildman–Crippen MR) is 116 cm³/mol. The Bertz CT molecular complexity index is 931. The maximum absolute atomic E-state index is 12.5. The number of nitrogens with zero attached hydrogens (tertiary/aromatic N) is 4. The highest BCUT2D eigenvalue weighted by Crippen LogP contribution is 2.32. The summed E-state index contributed by atoms with van der Waals surface area (Å²) in [5, 5.41) is 22.7. The fourth-order valence-electron chi connectivity index (χ4n) is 3.47. The summed E-state index contributed by atoms with van der Waals surface area (Å²) in [5.41, 5.74) is 0.0283. The molecule has 1 N–H and O–H groups in total. The number of benzene rings is 1. The van der Waals surface area contributed by atoms with Crippen LogP contribution in [0.3, 0.4) is 0 Å². The first kappa shape index (κ1) is 21.9. The van der Waals surface area contributed by atoms with Crippen LogP contribution in [0, 0.1) is 17.2 Å². The number of hydrogen-bond acceptors (Lipinski definition) is 5. The number of nitrogens with one attached hydrogen (secondary N) is 1. The molecule has 9 heteroatoms. The average Bonchev–Trinajstić information content (AvgIpc) is 3.28. The average molecular weight is 452 g/mol. The first-order chi connectivity index (χ1) is 13.8. The first-order valence-electron chi connectivity index (χ1n) is 9.57. The summed E-state index contributed by atoms with van der Waals surface area (Å²) in [5.74, 6) is 1.01. The second-order valence-corrected chi connectivity index (χ2v) is 9.46. The fraction of sp³-hybridized carbons (Fsp3) is 0.500. The normalized spacial score (nSPS) is 15.4. The van der Waals surface area contributed by atoms with Crippen LogP contribution in [0.4, 0.5) is 0 Å². The maximum Gasteiger partial charge on any atom is 0.231 e. The first-order valence-corrected chi connectivity index (χ1v) is 11.3. The minimum Gasteiger partial charge on any atom is -0.337 e. The topological polar surface area (TPSA) is 83.6 Å². The number of halogens is 2. The number of aromatic nitrogens is 3. The van der Waals surface area contributed by atoms with Gasteiger partial charge in [-0.3, -0.25) is 4.79 Å². The van der Waals surface area contributed by atoms with E-state index in [1.807, 2.05) is 10.6 Å². The molecule has 29 heavy (non-hydrogen) atoms. The largest absolute Gasteiger partial charge is 0.337 e. The van der Waals surface area contributed by atoms with Crippen LogP contribution in [0.25, 0.3) is 11.4 Å². The van der Waals surface area contributed by atoms with Crippen molar-refractivity contribution in [1.29, 1.82) is 5.26 Å². The Labute approximate surface area is 185 Å². The summed E-state index contributed by atoms with van der Waals surface area (Å²) < 4.78 is 1.98. The molecule has 0 spiro atoms. The number of nitriles is 1. The molecule has 1 fully saturated rings. The second-order valence-electron chi connectivity index (χ2n) is 7.67. The molecule has 1 aliphatic carbocycles. The highest BCUT2D eigenvalue weighted by atomic mass is 35.5. The Kier molecular flexibility index (Phi) is 7.10. The summed E-state index contributed by atoms with van der Waals surface area (Å²) in [6.45, 7) is 4.89. The summed E-state index contributed by atoms with van der Waals surface area (Å²) in [4.78, 5) is 12.5. The van der Waals surface area contributed by atoms with E-state index in [-0.39, 0.29) is 11.7 Å². The molecular weight excluding hydrogens is 429 g/mol. The zero-order valence-electron chi connectivity index (χ0n) is 16.4. The number of amides is 1. The molecule has 1 saturated carbocycles. The van der Waals surface area contributed by atoms with E-state index in [4.69, 9.17) is 23.2 Å². The Morgan fingerprint density at radius 2 is 2.07 bits per heavy atom. The van der Waals surface area contributed by atoms with Crippen molar-refractivity contribution >= 4 is 40.9 Å². The van der Waals surface area contributed by atoms with Gasteiger partial charge < -0.3 is 9.88 Å². The quantitative estimate of drug-likeness (QED) is 0.601. The van der Waals surface area contributed by atoms with Gasteiger partial charge in [0, 0.05) is 17.1 Å². The standard InChI is InChI=1S/C20H23Cl2N5OS/c1-13(2)10-27-18(15-6-5-14(21)9-16(15)22)25-26-19(27)29-11-17(28)24-20(12-23)7-3-4-8-20/h5-6,9,13H,3-4,7-8,10-11H2,1-2H3,(H,24,28). The van der Waals surface area contributed by atoms with Crippen LogP contribution >= 0.6 is 35.0 Å².